The molecule has 0 atom stereocenters. The lowest BCUT2D eigenvalue weighted by Gasteiger charge is -2.10. The Balaban J connectivity index is 3.17. The second-order valence-corrected chi connectivity index (χ2v) is 4.39. The highest BCUT2D eigenvalue weighted by Gasteiger charge is 2.22. The third kappa shape index (κ3) is 3.55. The molecule has 0 aliphatic carbocycles. The number of carbonyl (C=O) groups is 1. The van der Waals surface area contributed by atoms with Crippen LogP contribution in [0.5, 0.6) is 5.75 Å². The number of ether oxygens (including phenoxy) is 1. The number of benzene rings is 1. The number of amides is 1. The van der Waals surface area contributed by atoms with Crippen molar-refractivity contribution in [1.82, 2.24) is 4.72 Å². The second-order valence-electron chi connectivity index (χ2n) is 2.74. The number of hydrogen-bond donors (Lipinski definition) is 2. The molecule has 0 spiro atoms. The third-order valence-electron chi connectivity index (χ3n) is 1.58. The quantitative estimate of drug-likeness (QED) is 0.856. The van der Waals surface area contributed by atoms with Crippen LogP contribution in [0.1, 0.15) is 0 Å². The van der Waals surface area contributed by atoms with Gasteiger partial charge in [0.2, 0.25) is 0 Å². The molecule has 0 heterocycles. The smallest absolute Gasteiger partial charge is 0.418 e. The Morgan fingerprint density at radius 2 is 1.94 bits per heavy atom. The molecule has 0 radical (unpaired) electrons. The van der Waals surface area contributed by atoms with Crippen LogP contribution in [-0.2, 0) is 10.0 Å². The number of rotatable bonds is 4. The molecule has 9 heteroatoms. The Labute approximate surface area is 94.9 Å². The zero-order chi connectivity index (χ0) is 13.1. The van der Waals surface area contributed by atoms with Crippen LogP contribution in [-0.4, -0.2) is 26.2 Å². The molecule has 6 nitrogen and oxygen atoms in total. The first-order valence-corrected chi connectivity index (χ1v) is 5.61. The Kier molecular flexibility index (Phi) is 3.84. The van der Waals surface area contributed by atoms with Gasteiger partial charge in [-0.05, 0) is 12.1 Å². The fraction of sp³-hybridized carbons (Fsp3) is 0.125. The van der Waals surface area contributed by atoms with E-state index in [2.05, 4.69) is 4.74 Å². The van der Waals surface area contributed by atoms with E-state index in [1.54, 1.807) is 0 Å². The number of para-hydroxylation sites is 1. The average molecular weight is 267 g/mol. The maximum Gasteiger partial charge on any atom is 0.418 e. The van der Waals surface area contributed by atoms with Crippen LogP contribution in [0.2, 0.25) is 0 Å². The maximum absolute atomic E-state index is 12.0. The first kappa shape index (κ1) is 13.2. The van der Waals surface area contributed by atoms with Crippen molar-refractivity contribution in [2.45, 2.75) is 11.5 Å². The van der Waals surface area contributed by atoms with Crippen molar-refractivity contribution < 1.29 is 31.8 Å². The number of hydrogen-bond acceptors (Lipinski definition) is 4. The highest BCUT2D eigenvalue weighted by atomic mass is 32.2. The Hall–Kier alpha value is -1.90. The molecule has 17 heavy (non-hydrogen) atoms. The molecule has 0 aliphatic heterocycles. The van der Waals surface area contributed by atoms with E-state index in [-0.39, 0.29) is 0 Å². The van der Waals surface area contributed by atoms with Gasteiger partial charge in [-0.1, -0.05) is 12.1 Å². The lowest BCUT2D eigenvalue weighted by atomic mass is 10.3. The van der Waals surface area contributed by atoms with Crippen LogP contribution >= 0.6 is 0 Å². The van der Waals surface area contributed by atoms with E-state index in [0.717, 1.165) is 12.1 Å². The number of alkyl halides is 2. The molecule has 0 unspecified atom stereocenters. The number of halogens is 2. The third-order valence-corrected chi connectivity index (χ3v) is 2.94. The van der Waals surface area contributed by atoms with Crippen LogP contribution in [0.15, 0.2) is 29.2 Å². The molecule has 1 amide bonds. The predicted octanol–water partition coefficient (Wildman–Crippen LogP) is 1.24. The van der Waals surface area contributed by atoms with E-state index in [4.69, 9.17) is 5.11 Å². The molecule has 1 aromatic rings. The summed E-state index contributed by atoms with van der Waals surface area (Å²) in [5.41, 5.74) is 0. The van der Waals surface area contributed by atoms with E-state index < -0.39 is 33.4 Å². The molecule has 0 fully saturated rings. The number of carboxylic acid groups (broad SMARTS) is 1. The van der Waals surface area contributed by atoms with E-state index >= 15 is 0 Å². The molecular weight excluding hydrogens is 260 g/mol. The minimum Gasteiger partial charge on any atom is -0.464 e. The highest BCUT2D eigenvalue weighted by molar-refractivity contribution is 7.90. The van der Waals surface area contributed by atoms with Crippen molar-refractivity contribution in [3.8, 4) is 5.75 Å². The average Bonchev–Trinajstić information content (AvgIpc) is 2.15. The minimum atomic E-state index is -4.44. The van der Waals surface area contributed by atoms with Crippen molar-refractivity contribution in [2.24, 2.45) is 0 Å². The van der Waals surface area contributed by atoms with E-state index in [0.29, 0.717) is 0 Å². The Morgan fingerprint density at radius 3 is 2.47 bits per heavy atom. The number of sulfonamides is 1. The molecule has 0 saturated heterocycles. The Morgan fingerprint density at radius 1 is 1.35 bits per heavy atom. The van der Waals surface area contributed by atoms with Gasteiger partial charge in [-0.3, -0.25) is 0 Å². The summed E-state index contributed by atoms with van der Waals surface area (Å²) in [5.74, 6) is -0.628. The normalized spacial score (nSPS) is 11.2. The largest absolute Gasteiger partial charge is 0.464 e. The van der Waals surface area contributed by atoms with Crippen molar-refractivity contribution in [3.63, 3.8) is 0 Å². The summed E-state index contributed by atoms with van der Waals surface area (Å²) >= 11 is 0. The summed E-state index contributed by atoms with van der Waals surface area (Å²) in [4.78, 5) is 9.56. The molecular formula is C8H7F2NO5S. The van der Waals surface area contributed by atoms with Gasteiger partial charge < -0.3 is 9.84 Å². The van der Waals surface area contributed by atoms with E-state index in [1.165, 1.54) is 16.9 Å². The van der Waals surface area contributed by atoms with E-state index in [9.17, 15) is 22.0 Å². The van der Waals surface area contributed by atoms with Crippen molar-refractivity contribution in [2.75, 3.05) is 0 Å². The molecule has 94 valence electrons. The Bertz CT molecular complexity index is 516. The van der Waals surface area contributed by atoms with Crippen molar-refractivity contribution in [3.05, 3.63) is 24.3 Å². The lowest BCUT2D eigenvalue weighted by molar-refractivity contribution is -0.0517. The first-order chi connectivity index (χ1) is 7.83. The van der Waals surface area contributed by atoms with Gasteiger partial charge in [0, 0.05) is 0 Å². The second kappa shape index (κ2) is 4.95. The van der Waals surface area contributed by atoms with Crippen molar-refractivity contribution in [1.29, 1.82) is 0 Å². The van der Waals surface area contributed by atoms with Gasteiger partial charge in [0.25, 0.3) is 10.0 Å². The summed E-state index contributed by atoms with van der Waals surface area (Å²) in [6, 6.07) is 4.46. The molecule has 0 aromatic heterocycles. The summed E-state index contributed by atoms with van der Waals surface area (Å²) in [6.45, 7) is -3.21. The zero-order valence-corrected chi connectivity index (χ0v) is 8.95. The summed E-state index contributed by atoms with van der Waals surface area (Å²) in [7, 11) is -4.44. The van der Waals surface area contributed by atoms with Gasteiger partial charge in [0.1, 0.15) is 10.6 Å². The fourth-order valence-electron chi connectivity index (χ4n) is 1.04. The summed E-state index contributed by atoms with van der Waals surface area (Å²) in [6.07, 6.45) is -1.82. The van der Waals surface area contributed by atoms with Crippen LogP contribution < -0.4 is 9.46 Å². The maximum atomic E-state index is 12.0. The van der Waals surface area contributed by atoms with Gasteiger partial charge >= 0.3 is 12.7 Å². The van der Waals surface area contributed by atoms with Gasteiger partial charge in [-0.2, -0.15) is 8.78 Å². The summed E-state index contributed by atoms with van der Waals surface area (Å²) in [5, 5.41) is 8.30. The van der Waals surface area contributed by atoms with Gasteiger partial charge in [0.05, 0.1) is 0 Å². The highest BCUT2D eigenvalue weighted by Crippen LogP contribution is 2.24. The predicted molar refractivity (Wildman–Crippen MR) is 51.4 cm³/mol. The molecule has 0 bridgehead atoms. The molecule has 2 N–H and O–H groups in total. The molecule has 0 saturated carbocycles. The standard InChI is InChI=1S/C8H7F2NO5S/c9-7(10)16-5-3-1-2-4-6(5)17(14,15)11-8(12)13/h1-4,7,11H,(H,12,13). The van der Waals surface area contributed by atoms with Crippen LogP contribution in [0.4, 0.5) is 13.6 Å². The van der Waals surface area contributed by atoms with Gasteiger partial charge in [0.15, 0.2) is 0 Å². The monoisotopic (exact) mass is 267 g/mol. The van der Waals surface area contributed by atoms with Crippen molar-refractivity contribution >= 4 is 16.1 Å². The lowest BCUT2D eigenvalue weighted by Crippen LogP contribution is -2.29. The first-order valence-electron chi connectivity index (χ1n) is 4.12. The molecule has 1 aromatic carbocycles. The summed E-state index contributed by atoms with van der Waals surface area (Å²) < 4.78 is 52.0. The zero-order valence-electron chi connectivity index (χ0n) is 8.13. The SMILES string of the molecule is O=C(O)NS(=O)(=O)c1ccccc1OC(F)F. The van der Waals surface area contributed by atoms with Gasteiger partial charge in [-0.15, -0.1) is 0 Å². The van der Waals surface area contributed by atoms with Gasteiger partial charge in [-0.25, -0.2) is 17.9 Å². The molecule has 1 rings (SSSR count). The topological polar surface area (TPSA) is 92.7 Å². The fourth-order valence-corrected chi connectivity index (χ4v) is 2.01. The van der Waals surface area contributed by atoms with Crippen LogP contribution in [0.25, 0.3) is 0 Å². The van der Waals surface area contributed by atoms with Crippen LogP contribution in [0.3, 0.4) is 0 Å². The van der Waals surface area contributed by atoms with E-state index in [1.807, 2.05) is 0 Å². The van der Waals surface area contributed by atoms with Crippen LogP contribution in [0, 0.1) is 0 Å². The molecule has 0 aliphatic rings. The minimum absolute atomic E-state index is 0.628. The number of nitrogens with one attached hydrogen (secondary N) is 1.